The summed E-state index contributed by atoms with van der Waals surface area (Å²) in [6.07, 6.45) is 0. The molecule has 2 nitrogen and oxygen atoms in total. The van der Waals surface area contributed by atoms with Crippen LogP contribution < -0.4 is 0 Å². The molecule has 2 heteroatoms. The summed E-state index contributed by atoms with van der Waals surface area (Å²) in [6, 6.07) is 30.9. The Kier molecular flexibility index (Phi) is 4.16. The van der Waals surface area contributed by atoms with Crippen LogP contribution >= 0.6 is 0 Å². The molecule has 0 unspecified atom stereocenters. The highest BCUT2D eigenvalue weighted by atomic mass is 16.3. The summed E-state index contributed by atoms with van der Waals surface area (Å²) in [7, 11) is 0. The maximum absolute atomic E-state index is 10.0. The summed E-state index contributed by atoms with van der Waals surface area (Å²) < 4.78 is 0. The number of benzene rings is 4. The van der Waals surface area contributed by atoms with Crippen LogP contribution in [0.4, 0.5) is 0 Å². The first-order valence-electron chi connectivity index (χ1n) is 8.49. The summed E-state index contributed by atoms with van der Waals surface area (Å²) >= 11 is 0. The minimum absolute atomic E-state index is 0.245. The first kappa shape index (κ1) is 16.0. The van der Waals surface area contributed by atoms with Crippen LogP contribution in [-0.2, 0) is 0 Å². The van der Waals surface area contributed by atoms with Crippen LogP contribution in [-0.4, -0.2) is 10.2 Å². The van der Waals surface area contributed by atoms with E-state index in [1.54, 1.807) is 24.3 Å². The van der Waals surface area contributed by atoms with Crippen molar-refractivity contribution < 1.29 is 10.2 Å². The topological polar surface area (TPSA) is 40.5 Å². The standard InChI is InChI=1S/C24H18O2/c25-19-12-10-18(11-13-19)21-8-4-5-9-22(21)23-15-14-20(26)16-24(23)17-6-2-1-3-7-17/h1-16,25-26H. The quantitative estimate of drug-likeness (QED) is 0.474. The molecular weight excluding hydrogens is 320 g/mol. The van der Waals surface area contributed by atoms with E-state index in [0.717, 1.165) is 33.4 Å². The molecular formula is C24H18O2. The highest BCUT2D eigenvalue weighted by molar-refractivity contribution is 5.92. The lowest BCUT2D eigenvalue weighted by atomic mass is 9.89. The number of hydrogen-bond acceptors (Lipinski definition) is 2. The molecule has 26 heavy (non-hydrogen) atoms. The molecule has 0 aliphatic heterocycles. The van der Waals surface area contributed by atoms with Gasteiger partial charge in [-0.3, -0.25) is 0 Å². The van der Waals surface area contributed by atoms with E-state index in [1.807, 2.05) is 60.7 Å². The minimum Gasteiger partial charge on any atom is -0.508 e. The van der Waals surface area contributed by atoms with Gasteiger partial charge in [-0.1, -0.05) is 72.8 Å². The Morgan fingerprint density at radius 2 is 0.923 bits per heavy atom. The Morgan fingerprint density at radius 1 is 0.385 bits per heavy atom. The summed E-state index contributed by atoms with van der Waals surface area (Å²) in [6.45, 7) is 0. The predicted octanol–water partition coefficient (Wildman–Crippen LogP) is 6.10. The molecule has 0 spiro atoms. The van der Waals surface area contributed by atoms with Gasteiger partial charge in [0.05, 0.1) is 0 Å². The predicted molar refractivity (Wildman–Crippen MR) is 106 cm³/mol. The second-order valence-electron chi connectivity index (χ2n) is 6.19. The molecule has 0 aliphatic rings. The zero-order chi connectivity index (χ0) is 17.9. The molecule has 0 amide bonds. The highest BCUT2D eigenvalue weighted by Gasteiger charge is 2.13. The summed E-state index contributed by atoms with van der Waals surface area (Å²) in [4.78, 5) is 0. The van der Waals surface area contributed by atoms with Gasteiger partial charge in [-0.2, -0.15) is 0 Å². The largest absolute Gasteiger partial charge is 0.508 e. The summed E-state index contributed by atoms with van der Waals surface area (Å²) in [5, 5.41) is 19.6. The lowest BCUT2D eigenvalue weighted by Crippen LogP contribution is -1.89. The van der Waals surface area contributed by atoms with Crippen LogP contribution in [0.25, 0.3) is 33.4 Å². The van der Waals surface area contributed by atoms with Crippen molar-refractivity contribution in [3.63, 3.8) is 0 Å². The van der Waals surface area contributed by atoms with Crippen LogP contribution in [0.1, 0.15) is 0 Å². The maximum atomic E-state index is 10.0. The van der Waals surface area contributed by atoms with Gasteiger partial charge in [-0.05, 0) is 57.6 Å². The molecule has 126 valence electrons. The Hall–Kier alpha value is -3.52. The number of phenolic OH excluding ortho intramolecular Hbond substituents is 2. The first-order valence-corrected chi connectivity index (χ1v) is 8.49. The highest BCUT2D eigenvalue weighted by Crippen LogP contribution is 2.39. The molecule has 4 aromatic carbocycles. The Labute approximate surface area is 152 Å². The molecule has 0 fully saturated rings. The fourth-order valence-corrected chi connectivity index (χ4v) is 3.23. The number of hydrogen-bond donors (Lipinski definition) is 2. The molecule has 0 saturated heterocycles. The van der Waals surface area contributed by atoms with Crippen molar-refractivity contribution in [2.75, 3.05) is 0 Å². The van der Waals surface area contributed by atoms with Crippen molar-refractivity contribution in [3.05, 3.63) is 97.1 Å². The van der Waals surface area contributed by atoms with Crippen LogP contribution in [0.2, 0.25) is 0 Å². The van der Waals surface area contributed by atoms with Crippen molar-refractivity contribution in [1.29, 1.82) is 0 Å². The van der Waals surface area contributed by atoms with Crippen molar-refractivity contribution in [1.82, 2.24) is 0 Å². The second-order valence-corrected chi connectivity index (χ2v) is 6.19. The van der Waals surface area contributed by atoms with Crippen LogP contribution in [0.15, 0.2) is 97.1 Å². The zero-order valence-corrected chi connectivity index (χ0v) is 14.1. The van der Waals surface area contributed by atoms with Crippen molar-refractivity contribution in [2.45, 2.75) is 0 Å². The van der Waals surface area contributed by atoms with E-state index in [4.69, 9.17) is 0 Å². The molecule has 0 atom stereocenters. The third-order valence-corrected chi connectivity index (χ3v) is 4.48. The van der Waals surface area contributed by atoms with Gasteiger partial charge in [-0.25, -0.2) is 0 Å². The number of rotatable bonds is 3. The molecule has 4 rings (SSSR count). The third-order valence-electron chi connectivity index (χ3n) is 4.48. The number of aromatic hydroxyl groups is 2. The van der Waals surface area contributed by atoms with Gasteiger partial charge < -0.3 is 10.2 Å². The van der Waals surface area contributed by atoms with Gasteiger partial charge in [0.15, 0.2) is 0 Å². The van der Waals surface area contributed by atoms with Crippen LogP contribution in [0.3, 0.4) is 0 Å². The SMILES string of the molecule is Oc1ccc(-c2ccccc2-c2ccc(O)cc2-c2ccccc2)cc1. The number of phenols is 2. The average Bonchev–Trinajstić information content (AvgIpc) is 2.69. The molecule has 0 radical (unpaired) electrons. The molecule has 0 heterocycles. The fraction of sp³-hybridized carbons (Fsp3) is 0. The van der Waals surface area contributed by atoms with Gasteiger partial charge in [0.2, 0.25) is 0 Å². The molecule has 0 aliphatic carbocycles. The zero-order valence-electron chi connectivity index (χ0n) is 14.1. The Morgan fingerprint density at radius 3 is 1.65 bits per heavy atom. The van der Waals surface area contributed by atoms with E-state index in [0.29, 0.717) is 0 Å². The molecule has 0 bridgehead atoms. The summed E-state index contributed by atoms with van der Waals surface area (Å²) in [5.41, 5.74) is 6.28. The van der Waals surface area contributed by atoms with Crippen molar-refractivity contribution in [3.8, 4) is 44.9 Å². The molecule has 4 aromatic rings. The van der Waals surface area contributed by atoms with E-state index >= 15 is 0 Å². The Bertz CT molecular complexity index is 1040. The Balaban J connectivity index is 1.94. The van der Waals surface area contributed by atoms with Crippen LogP contribution in [0, 0.1) is 0 Å². The summed E-state index contributed by atoms with van der Waals surface area (Å²) in [5.74, 6) is 0.496. The van der Waals surface area contributed by atoms with Crippen molar-refractivity contribution >= 4 is 0 Å². The fourth-order valence-electron chi connectivity index (χ4n) is 3.23. The maximum Gasteiger partial charge on any atom is 0.116 e. The van der Waals surface area contributed by atoms with Gasteiger partial charge in [0.1, 0.15) is 11.5 Å². The van der Waals surface area contributed by atoms with E-state index in [-0.39, 0.29) is 11.5 Å². The van der Waals surface area contributed by atoms with Crippen molar-refractivity contribution in [2.24, 2.45) is 0 Å². The second kappa shape index (κ2) is 6.77. The third kappa shape index (κ3) is 3.05. The lowest BCUT2D eigenvalue weighted by Gasteiger charge is -2.15. The molecule has 0 saturated carbocycles. The van der Waals surface area contributed by atoms with E-state index in [2.05, 4.69) is 12.1 Å². The van der Waals surface area contributed by atoms with E-state index in [1.165, 1.54) is 0 Å². The normalized spacial score (nSPS) is 10.6. The van der Waals surface area contributed by atoms with Gasteiger partial charge >= 0.3 is 0 Å². The molecule has 0 aromatic heterocycles. The van der Waals surface area contributed by atoms with Crippen LogP contribution in [0.5, 0.6) is 11.5 Å². The van der Waals surface area contributed by atoms with E-state index in [9.17, 15) is 10.2 Å². The average molecular weight is 338 g/mol. The van der Waals surface area contributed by atoms with Gasteiger partial charge in [0.25, 0.3) is 0 Å². The molecule has 2 N–H and O–H groups in total. The van der Waals surface area contributed by atoms with Gasteiger partial charge in [-0.15, -0.1) is 0 Å². The minimum atomic E-state index is 0.245. The first-order chi connectivity index (χ1) is 12.7. The monoisotopic (exact) mass is 338 g/mol. The van der Waals surface area contributed by atoms with Gasteiger partial charge in [0, 0.05) is 0 Å². The van der Waals surface area contributed by atoms with E-state index < -0.39 is 0 Å². The smallest absolute Gasteiger partial charge is 0.116 e. The lowest BCUT2D eigenvalue weighted by molar-refractivity contribution is 0.475.